The summed E-state index contributed by atoms with van der Waals surface area (Å²) in [6.45, 7) is 5.03. The van der Waals surface area contributed by atoms with Crippen LogP contribution in [0.1, 0.15) is 30.9 Å². The number of benzene rings is 1. The molecular formula is C16H27ClN2O. The van der Waals surface area contributed by atoms with E-state index in [0.29, 0.717) is 18.7 Å². The van der Waals surface area contributed by atoms with Crippen molar-refractivity contribution < 1.29 is 4.74 Å². The summed E-state index contributed by atoms with van der Waals surface area (Å²) in [7, 11) is 1.81. The minimum Gasteiger partial charge on any atom is -0.381 e. The summed E-state index contributed by atoms with van der Waals surface area (Å²) in [6.07, 6.45) is 3.65. The van der Waals surface area contributed by atoms with Crippen molar-refractivity contribution in [2.45, 2.75) is 44.9 Å². The van der Waals surface area contributed by atoms with E-state index in [1.807, 2.05) is 0 Å². The monoisotopic (exact) mass is 298 g/mol. The number of halogens is 1. The number of nitrogens with zero attached hydrogens (tertiary/aromatic N) is 1. The van der Waals surface area contributed by atoms with E-state index in [1.54, 1.807) is 7.11 Å². The Bertz CT molecular complexity index is 400. The fraction of sp³-hybridized carbons (Fsp3) is 0.625. The molecule has 2 unspecified atom stereocenters. The number of nitrogens with two attached hydrogens (primary N) is 1. The van der Waals surface area contributed by atoms with Crippen molar-refractivity contribution in [3.63, 3.8) is 0 Å². The van der Waals surface area contributed by atoms with Crippen molar-refractivity contribution >= 4 is 12.4 Å². The lowest BCUT2D eigenvalue weighted by Gasteiger charge is -2.38. The van der Waals surface area contributed by atoms with Gasteiger partial charge in [-0.3, -0.25) is 4.90 Å². The molecule has 2 N–H and O–H groups in total. The number of hydrogen-bond acceptors (Lipinski definition) is 3. The molecule has 2 atom stereocenters. The SMILES string of the molecule is CCc1ccccc1CN1CCC(OC)CC1CN.Cl. The third-order valence-electron chi connectivity index (χ3n) is 4.27. The van der Waals surface area contributed by atoms with Gasteiger partial charge in [0.25, 0.3) is 0 Å². The van der Waals surface area contributed by atoms with Crippen LogP contribution in [0.3, 0.4) is 0 Å². The second-order valence-corrected chi connectivity index (χ2v) is 5.36. The zero-order chi connectivity index (χ0) is 13.7. The van der Waals surface area contributed by atoms with Crippen molar-refractivity contribution in [2.24, 2.45) is 5.73 Å². The molecule has 3 nitrogen and oxygen atoms in total. The molecule has 1 saturated heterocycles. The van der Waals surface area contributed by atoms with Crippen LogP contribution in [-0.4, -0.2) is 37.2 Å². The van der Waals surface area contributed by atoms with E-state index in [4.69, 9.17) is 10.5 Å². The van der Waals surface area contributed by atoms with Gasteiger partial charge < -0.3 is 10.5 Å². The molecule has 0 aliphatic carbocycles. The van der Waals surface area contributed by atoms with Crippen LogP contribution >= 0.6 is 12.4 Å². The van der Waals surface area contributed by atoms with Crippen LogP contribution in [0.15, 0.2) is 24.3 Å². The Morgan fingerprint density at radius 1 is 1.30 bits per heavy atom. The van der Waals surface area contributed by atoms with Gasteiger partial charge in [-0.05, 0) is 30.4 Å². The maximum atomic E-state index is 5.94. The van der Waals surface area contributed by atoms with E-state index in [0.717, 1.165) is 32.4 Å². The van der Waals surface area contributed by atoms with Crippen molar-refractivity contribution in [3.8, 4) is 0 Å². The molecule has 0 bridgehead atoms. The summed E-state index contributed by atoms with van der Waals surface area (Å²) >= 11 is 0. The van der Waals surface area contributed by atoms with E-state index in [9.17, 15) is 0 Å². The van der Waals surface area contributed by atoms with Crippen LogP contribution in [0.4, 0.5) is 0 Å². The molecule has 0 saturated carbocycles. The van der Waals surface area contributed by atoms with Crippen LogP contribution in [0.25, 0.3) is 0 Å². The van der Waals surface area contributed by atoms with Crippen LogP contribution in [-0.2, 0) is 17.7 Å². The average Bonchev–Trinajstić information content (AvgIpc) is 2.48. The highest BCUT2D eigenvalue weighted by Crippen LogP contribution is 2.22. The molecule has 1 heterocycles. The van der Waals surface area contributed by atoms with E-state index in [1.165, 1.54) is 11.1 Å². The van der Waals surface area contributed by atoms with Crippen LogP contribution in [0.5, 0.6) is 0 Å². The van der Waals surface area contributed by atoms with E-state index in [-0.39, 0.29) is 12.4 Å². The lowest BCUT2D eigenvalue weighted by molar-refractivity contribution is 0.0101. The molecule has 1 aliphatic heterocycles. The highest BCUT2D eigenvalue weighted by atomic mass is 35.5. The third kappa shape index (κ3) is 4.19. The number of rotatable bonds is 5. The first-order valence-corrected chi connectivity index (χ1v) is 7.32. The predicted octanol–water partition coefficient (Wildman–Crippen LogP) is 2.61. The highest BCUT2D eigenvalue weighted by molar-refractivity contribution is 5.85. The topological polar surface area (TPSA) is 38.5 Å². The third-order valence-corrected chi connectivity index (χ3v) is 4.27. The Hall–Kier alpha value is -0.610. The van der Waals surface area contributed by atoms with Gasteiger partial charge in [-0.1, -0.05) is 31.2 Å². The Balaban J connectivity index is 0.00000200. The molecule has 1 aromatic rings. The standard InChI is InChI=1S/C16H26N2O.ClH/c1-3-13-6-4-5-7-14(13)12-18-9-8-16(19-2)10-15(18)11-17;/h4-7,15-16H,3,8-12,17H2,1-2H3;1H. The maximum absolute atomic E-state index is 5.94. The van der Waals surface area contributed by atoms with Crippen molar-refractivity contribution in [3.05, 3.63) is 35.4 Å². The van der Waals surface area contributed by atoms with E-state index in [2.05, 4.69) is 36.1 Å². The van der Waals surface area contributed by atoms with Crippen molar-refractivity contribution in [2.75, 3.05) is 20.2 Å². The summed E-state index contributed by atoms with van der Waals surface area (Å²) < 4.78 is 5.48. The second kappa shape index (κ2) is 8.63. The molecule has 1 aliphatic rings. The molecule has 1 aromatic carbocycles. The maximum Gasteiger partial charge on any atom is 0.0599 e. The number of piperidine rings is 1. The van der Waals surface area contributed by atoms with Crippen molar-refractivity contribution in [1.29, 1.82) is 0 Å². The lowest BCUT2D eigenvalue weighted by atomic mass is 9.97. The summed E-state index contributed by atoms with van der Waals surface area (Å²) in [6, 6.07) is 9.18. The van der Waals surface area contributed by atoms with Gasteiger partial charge >= 0.3 is 0 Å². The van der Waals surface area contributed by atoms with Crippen LogP contribution in [0, 0.1) is 0 Å². The Kier molecular flexibility index (Phi) is 7.52. The van der Waals surface area contributed by atoms with E-state index >= 15 is 0 Å². The first kappa shape index (κ1) is 17.4. The quantitative estimate of drug-likeness (QED) is 0.908. The minimum absolute atomic E-state index is 0. The zero-order valence-corrected chi connectivity index (χ0v) is 13.4. The van der Waals surface area contributed by atoms with Gasteiger partial charge in [0, 0.05) is 32.8 Å². The van der Waals surface area contributed by atoms with Gasteiger partial charge in [0.1, 0.15) is 0 Å². The number of aryl methyl sites for hydroxylation is 1. The number of methoxy groups -OCH3 is 1. The molecule has 0 radical (unpaired) electrons. The normalized spacial score (nSPS) is 23.4. The predicted molar refractivity (Wildman–Crippen MR) is 86.4 cm³/mol. The van der Waals surface area contributed by atoms with E-state index < -0.39 is 0 Å². The smallest absolute Gasteiger partial charge is 0.0599 e. The number of ether oxygens (including phenoxy) is 1. The molecule has 0 aromatic heterocycles. The van der Waals surface area contributed by atoms with Gasteiger partial charge in [-0.25, -0.2) is 0 Å². The Morgan fingerprint density at radius 3 is 2.60 bits per heavy atom. The zero-order valence-electron chi connectivity index (χ0n) is 12.5. The largest absolute Gasteiger partial charge is 0.381 e. The molecule has 114 valence electrons. The Labute approximate surface area is 128 Å². The van der Waals surface area contributed by atoms with Crippen LogP contribution < -0.4 is 5.73 Å². The molecule has 20 heavy (non-hydrogen) atoms. The summed E-state index contributed by atoms with van der Waals surface area (Å²) in [5.74, 6) is 0. The number of hydrogen-bond donors (Lipinski definition) is 1. The molecule has 1 fully saturated rings. The fourth-order valence-electron chi connectivity index (χ4n) is 3.01. The molecule has 2 rings (SSSR count). The molecule has 4 heteroatoms. The molecule has 0 spiro atoms. The van der Waals surface area contributed by atoms with Crippen LogP contribution in [0.2, 0.25) is 0 Å². The van der Waals surface area contributed by atoms with Gasteiger partial charge in [0.05, 0.1) is 6.10 Å². The minimum atomic E-state index is 0. The lowest BCUT2D eigenvalue weighted by Crippen LogP contribution is -2.48. The number of likely N-dealkylation sites (tertiary alicyclic amines) is 1. The van der Waals surface area contributed by atoms with Gasteiger partial charge in [-0.15, -0.1) is 12.4 Å². The summed E-state index contributed by atoms with van der Waals surface area (Å²) in [5, 5.41) is 0. The first-order chi connectivity index (χ1) is 9.28. The Morgan fingerprint density at radius 2 is 2.00 bits per heavy atom. The molecular weight excluding hydrogens is 272 g/mol. The molecule has 0 amide bonds. The van der Waals surface area contributed by atoms with Gasteiger partial charge in [0.2, 0.25) is 0 Å². The van der Waals surface area contributed by atoms with Crippen molar-refractivity contribution in [1.82, 2.24) is 4.90 Å². The fourth-order valence-corrected chi connectivity index (χ4v) is 3.01. The summed E-state index contributed by atoms with van der Waals surface area (Å²) in [4.78, 5) is 2.52. The second-order valence-electron chi connectivity index (χ2n) is 5.36. The highest BCUT2D eigenvalue weighted by Gasteiger charge is 2.27. The van der Waals surface area contributed by atoms with Gasteiger partial charge in [0.15, 0.2) is 0 Å². The summed E-state index contributed by atoms with van der Waals surface area (Å²) in [5.41, 5.74) is 8.83. The first-order valence-electron chi connectivity index (χ1n) is 7.32. The van der Waals surface area contributed by atoms with Gasteiger partial charge in [-0.2, -0.15) is 0 Å². The average molecular weight is 299 g/mol.